The van der Waals surface area contributed by atoms with Crippen LogP contribution in [0.1, 0.15) is 56.6 Å². The van der Waals surface area contributed by atoms with Crippen LogP contribution in [0.3, 0.4) is 0 Å². The molecule has 1 aliphatic carbocycles. The molecule has 0 N–H and O–H groups in total. The SMILES string of the molecule is C/C=C\c1ccccc1CCCOC1CCCCC1N1CCC(=O)C1. The first kappa shape index (κ1) is 18.3. The zero-order chi connectivity index (χ0) is 17.5. The molecule has 0 radical (unpaired) electrons. The van der Waals surface area contributed by atoms with Crippen molar-refractivity contribution in [3.63, 3.8) is 0 Å². The van der Waals surface area contributed by atoms with Crippen LogP contribution in [-0.2, 0) is 16.0 Å². The van der Waals surface area contributed by atoms with Crippen molar-refractivity contribution in [2.45, 2.75) is 64.0 Å². The zero-order valence-electron chi connectivity index (χ0n) is 15.5. The first-order chi connectivity index (χ1) is 12.3. The summed E-state index contributed by atoms with van der Waals surface area (Å²) in [6, 6.07) is 9.06. The number of rotatable bonds is 7. The highest BCUT2D eigenvalue weighted by atomic mass is 16.5. The van der Waals surface area contributed by atoms with Crippen LogP contribution in [0.25, 0.3) is 6.08 Å². The number of aryl methyl sites for hydroxylation is 1. The topological polar surface area (TPSA) is 29.5 Å². The normalized spacial score (nSPS) is 25.1. The van der Waals surface area contributed by atoms with Gasteiger partial charge in [0, 0.05) is 25.6 Å². The molecular weight excluding hydrogens is 310 g/mol. The monoisotopic (exact) mass is 341 g/mol. The lowest BCUT2D eigenvalue weighted by Crippen LogP contribution is -2.45. The van der Waals surface area contributed by atoms with Gasteiger partial charge in [-0.15, -0.1) is 0 Å². The van der Waals surface area contributed by atoms with Gasteiger partial charge in [-0.05, 0) is 43.7 Å². The highest BCUT2D eigenvalue weighted by Gasteiger charge is 2.34. The van der Waals surface area contributed by atoms with Gasteiger partial charge < -0.3 is 4.74 Å². The Labute approximate surface area is 152 Å². The average Bonchev–Trinajstić information content (AvgIpc) is 3.07. The highest BCUT2D eigenvalue weighted by molar-refractivity contribution is 5.82. The Bertz CT molecular complexity index is 595. The summed E-state index contributed by atoms with van der Waals surface area (Å²) >= 11 is 0. The lowest BCUT2D eigenvalue weighted by Gasteiger charge is -2.37. The van der Waals surface area contributed by atoms with E-state index in [9.17, 15) is 4.79 Å². The maximum Gasteiger partial charge on any atom is 0.148 e. The fourth-order valence-corrected chi connectivity index (χ4v) is 4.23. The molecule has 2 aliphatic rings. The number of hydrogen-bond donors (Lipinski definition) is 0. The third-order valence-electron chi connectivity index (χ3n) is 5.52. The van der Waals surface area contributed by atoms with Crippen molar-refractivity contribution >= 4 is 11.9 Å². The molecule has 25 heavy (non-hydrogen) atoms. The number of ether oxygens (including phenoxy) is 1. The van der Waals surface area contributed by atoms with Gasteiger partial charge in [0.25, 0.3) is 0 Å². The lowest BCUT2D eigenvalue weighted by atomic mass is 9.91. The zero-order valence-corrected chi connectivity index (χ0v) is 15.5. The molecule has 136 valence electrons. The van der Waals surface area contributed by atoms with Crippen LogP contribution in [0.5, 0.6) is 0 Å². The van der Waals surface area contributed by atoms with Gasteiger partial charge in [-0.3, -0.25) is 9.69 Å². The summed E-state index contributed by atoms with van der Waals surface area (Å²) in [6.07, 6.45) is 12.3. The van der Waals surface area contributed by atoms with Crippen molar-refractivity contribution < 1.29 is 9.53 Å². The molecule has 1 heterocycles. The Morgan fingerprint density at radius 1 is 1.24 bits per heavy atom. The van der Waals surface area contributed by atoms with Gasteiger partial charge in [0.15, 0.2) is 0 Å². The van der Waals surface area contributed by atoms with Crippen molar-refractivity contribution in [3.8, 4) is 0 Å². The van der Waals surface area contributed by atoms with Crippen LogP contribution in [0, 0.1) is 0 Å². The predicted octanol–water partition coefficient (Wildman–Crippen LogP) is 4.25. The summed E-state index contributed by atoms with van der Waals surface area (Å²) in [5.74, 6) is 0.393. The molecule has 1 saturated carbocycles. The van der Waals surface area contributed by atoms with Crippen LogP contribution in [0.4, 0.5) is 0 Å². The van der Waals surface area contributed by atoms with Gasteiger partial charge in [-0.2, -0.15) is 0 Å². The second-order valence-electron chi connectivity index (χ2n) is 7.32. The molecule has 1 aromatic carbocycles. The molecule has 0 bridgehead atoms. The van der Waals surface area contributed by atoms with Crippen LogP contribution in [0.2, 0.25) is 0 Å². The molecule has 2 atom stereocenters. The van der Waals surface area contributed by atoms with E-state index >= 15 is 0 Å². The number of ketones is 1. The maximum atomic E-state index is 11.6. The summed E-state index contributed by atoms with van der Waals surface area (Å²) in [4.78, 5) is 14.0. The summed E-state index contributed by atoms with van der Waals surface area (Å²) in [7, 11) is 0. The molecular formula is C22H31NO2. The fourth-order valence-electron chi connectivity index (χ4n) is 4.23. The van der Waals surface area contributed by atoms with E-state index in [2.05, 4.69) is 48.2 Å². The van der Waals surface area contributed by atoms with Gasteiger partial charge in [0.05, 0.1) is 12.6 Å². The van der Waals surface area contributed by atoms with E-state index in [4.69, 9.17) is 4.74 Å². The summed E-state index contributed by atoms with van der Waals surface area (Å²) < 4.78 is 6.29. The third kappa shape index (κ3) is 5.02. The number of likely N-dealkylation sites (tertiary alicyclic amines) is 1. The number of hydrogen-bond acceptors (Lipinski definition) is 3. The smallest absolute Gasteiger partial charge is 0.148 e. The van der Waals surface area contributed by atoms with Crippen molar-refractivity contribution in [2.75, 3.05) is 19.7 Å². The van der Waals surface area contributed by atoms with Gasteiger partial charge in [0.2, 0.25) is 0 Å². The van der Waals surface area contributed by atoms with Crippen molar-refractivity contribution in [1.82, 2.24) is 4.90 Å². The maximum absolute atomic E-state index is 11.6. The number of nitrogens with zero attached hydrogens (tertiary/aromatic N) is 1. The number of allylic oxidation sites excluding steroid dienone is 1. The van der Waals surface area contributed by atoms with Crippen LogP contribution in [-0.4, -0.2) is 42.5 Å². The summed E-state index contributed by atoms with van der Waals surface area (Å²) in [5.41, 5.74) is 2.71. The molecule has 2 unspecified atom stereocenters. The Morgan fingerprint density at radius 2 is 2.08 bits per heavy atom. The third-order valence-corrected chi connectivity index (χ3v) is 5.52. The predicted molar refractivity (Wildman–Crippen MR) is 103 cm³/mol. The minimum absolute atomic E-state index is 0.311. The van der Waals surface area contributed by atoms with E-state index in [1.165, 1.54) is 30.4 Å². The standard InChI is InChI=1S/C22H31NO2/c1-2-8-18-9-3-4-10-19(18)11-7-16-25-22-13-6-5-12-21(22)23-15-14-20(24)17-23/h2-4,8-10,21-22H,5-7,11-17H2,1H3/b8-2-. The summed E-state index contributed by atoms with van der Waals surface area (Å²) in [5, 5.41) is 0. The molecule has 3 heteroatoms. The fraction of sp³-hybridized carbons (Fsp3) is 0.591. The van der Waals surface area contributed by atoms with E-state index in [1.807, 2.05) is 0 Å². The second-order valence-corrected chi connectivity index (χ2v) is 7.32. The second kappa shape index (κ2) is 9.30. The number of carbonyl (C=O) groups is 1. The molecule has 1 saturated heterocycles. The Balaban J connectivity index is 1.48. The van der Waals surface area contributed by atoms with Crippen LogP contribution < -0.4 is 0 Å². The Kier molecular flexibility index (Phi) is 6.83. The van der Waals surface area contributed by atoms with E-state index < -0.39 is 0 Å². The molecule has 2 fully saturated rings. The van der Waals surface area contributed by atoms with E-state index in [-0.39, 0.29) is 0 Å². The van der Waals surface area contributed by atoms with Crippen LogP contribution in [0.15, 0.2) is 30.3 Å². The average molecular weight is 341 g/mol. The Morgan fingerprint density at radius 3 is 2.88 bits per heavy atom. The highest BCUT2D eigenvalue weighted by Crippen LogP contribution is 2.27. The molecule has 0 aromatic heterocycles. The summed E-state index contributed by atoms with van der Waals surface area (Å²) in [6.45, 7) is 4.45. The molecule has 1 aliphatic heterocycles. The first-order valence-corrected chi connectivity index (χ1v) is 9.86. The van der Waals surface area contributed by atoms with E-state index in [1.54, 1.807) is 0 Å². The van der Waals surface area contributed by atoms with Gasteiger partial charge in [-0.25, -0.2) is 0 Å². The van der Waals surface area contributed by atoms with Gasteiger partial charge in [0.1, 0.15) is 5.78 Å². The first-order valence-electron chi connectivity index (χ1n) is 9.86. The molecule has 3 rings (SSSR count). The minimum atomic E-state index is 0.311. The van der Waals surface area contributed by atoms with Crippen molar-refractivity contribution in [3.05, 3.63) is 41.5 Å². The van der Waals surface area contributed by atoms with E-state index in [0.717, 1.165) is 38.8 Å². The molecule has 0 amide bonds. The van der Waals surface area contributed by atoms with Gasteiger partial charge in [-0.1, -0.05) is 49.3 Å². The van der Waals surface area contributed by atoms with Gasteiger partial charge >= 0.3 is 0 Å². The Hall–Kier alpha value is -1.45. The van der Waals surface area contributed by atoms with Crippen molar-refractivity contribution in [2.24, 2.45) is 0 Å². The number of Topliss-reactive ketones (excluding diaryl/α,β-unsaturated/α-hetero) is 1. The molecule has 1 aromatic rings. The van der Waals surface area contributed by atoms with Crippen LogP contribution >= 0.6 is 0 Å². The minimum Gasteiger partial charge on any atom is -0.377 e. The largest absolute Gasteiger partial charge is 0.377 e. The van der Waals surface area contributed by atoms with Crippen molar-refractivity contribution in [1.29, 1.82) is 0 Å². The number of carbonyl (C=O) groups excluding carboxylic acids is 1. The lowest BCUT2D eigenvalue weighted by molar-refractivity contribution is -0.117. The molecule has 0 spiro atoms. The number of benzene rings is 1. The van der Waals surface area contributed by atoms with E-state index in [0.29, 0.717) is 24.5 Å². The quantitative estimate of drug-likeness (QED) is 0.694. The molecule has 3 nitrogen and oxygen atoms in total.